The summed E-state index contributed by atoms with van der Waals surface area (Å²) in [5.74, 6) is -0.138. The van der Waals surface area contributed by atoms with Crippen molar-refractivity contribution >= 4 is 33.4 Å². The summed E-state index contributed by atoms with van der Waals surface area (Å²) in [6.45, 7) is 4.49. The van der Waals surface area contributed by atoms with Crippen molar-refractivity contribution in [1.29, 1.82) is 0 Å². The standard InChI is InChI=1S/C12H16BrClN2O/c1-3-16(2)7-6-15-12(17)10-8-9(13)4-5-11(10)14/h4-5,8H,3,6-7H2,1-2H3,(H,15,17). The first-order valence-corrected chi connectivity index (χ1v) is 6.63. The van der Waals surface area contributed by atoms with Gasteiger partial charge in [0.2, 0.25) is 0 Å². The van der Waals surface area contributed by atoms with Crippen LogP contribution in [0.25, 0.3) is 0 Å². The molecule has 0 saturated carbocycles. The number of benzene rings is 1. The Bertz CT molecular complexity index is 398. The molecule has 1 aromatic rings. The molecule has 17 heavy (non-hydrogen) atoms. The number of amides is 1. The number of rotatable bonds is 5. The minimum absolute atomic E-state index is 0.138. The van der Waals surface area contributed by atoms with Gasteiger partial charge in [0.05, 0.1) is 10.6 Å². The van der Waals surface area contributed by atoms with E-state index in [2.05, 4.69) is 33.1 Å². The zero-order valence-electron chi connectivity index (χ0n) is 9.96. The van der Waals surface area contributed by atoms with Crippen LogP contribution in [0.1, 0.15) is 17.3 Å². The lowest BCUT2D eigenvalue weighted by atomic mass is 10.2. The molecule has 0 heterocycles. The quantitative estimate of drug-likeness (QED) is 0.905. The van der Waals surface area contributed by atoms with Crippen LogP contribution < -0.4 is 5.32 Å². The molecule has 0 unspecified atom stereocenters. The summed E-state index contributed by atoms with van der Waals surface area (Å²) in [7, 11) is 2.01. The van der Waals surface area contributed by atoms with Gasteiger partial charge in [-0.2, -0.15) is 0 Å². The molecule has 0 aromatic heterocycles. The van der Waals surface area contributed by atoms with Crippen LogP contribution in [-0.4, -0.2) is 37.5 Å². The highest BCUT2D eigenvalue weighted by Crippen LogP contribution is 2.20. The minimum Gasteiger partial charge on any atom is -0.351 e. The predicted octanol–water partition coefficient (Wildman–Crippen LogP) is 2.78. The predicted molar refractivity (Wildman–Crippen MR) is 74.7 cm³/mol. The SMILES string of the molecule is CCN(C)CCNC(=O)c1cc(Br)ccc1Cl. The third kappa shape index (κ3) is 4.66. The molecule has 0 spiro atoms. The molecule has 0 aliphatic heterocycles. The fourth-order valence-corrected chi connectivity index (χ4v) is 1.85. The van der Waals surface area contributed by atoms with Gasteiger partial charge in [-0.3, -0.25) is 4.79 Å². The third-order valence-electron chi connectivity index (χ3n) is 2.49. The number of halogens is 2. The van der Waals surface area contributed by atoms with Gasteiger partial charge < -0.3 is 10.2 Å². The number of likely N-dealkylation sites (N-methyl/N-ethyl adjacent to an activating group) is 1. The summed E-state index contributed by atoms with van der Waals surface area (Å²) >= 11 is 9.29. The second-order valence-corrected chi connectivity index (χ2v) is 5.10. The van der Waals surface area contributed by atoms with Gasteiger partial charge in [0, 0.05) is 17.6 Å². The Hall–Kier alpha value is -0.580. The van der Waals surface area contributed by atoms with E-state index in [1.54, 1.807) is 12.1 Å². The van der Waals surface area contributed by atoms with Gasteiger partial charge in [0.1, 0.15) is 0 Å². The molecule has 1 rings (SSSR count). The van der Waals surface area contributed by atoms with E-state index < -0.39 is 0 Å². The van der Waals surface area contributed by atoms with E-state index in [9.17, 15) is 4.79 Å². The highest BCUT2D eigenvalue weighted by Gasteiger charge is 2.10. The van der Waals surface area contributed by atoms with Crippen LogP contribution in [0.5, 0.6) is 0 Å². The molecule has 94 valence electrons. The summed E-state index contributed by atoms with van der Waals surface area (Å²) in [6, 6.07) is 5.24. The molecule has 3 nitrogen and oxygen atoms in total. The summed E-state index contributed by atoms with van der Waals surface area (Å²) < 4.78 is 0.845. The number of nitrogens with zero attached hydrogens (tertiary/aromatic N) is 1. The van der Waals surface area contributed by atoms with Gasteiger partial charge in [-0.25, -0.2) is 0 Å². The Morgan fingerprint density at radius 2 is 2.24 bits per heavy atom. The van der Waals surface area contributed by atoms with Crippen molar-refractivity contribution in [1.82, 2.24) is 10.2 Å². The first kappa shape index (κ1) is 14.5. The van der Waals surface area contributed by atoms with Crippen LogP contribution in [0.4, 0.5) is 0 Å². The average molecular weight is 320 g/mol. The Morgan fingerprint density at radius 3 is 2.88 bits per heavy atom. The monoisotopic (exact) mass is 318 g/mol. The van der Waals surface area contributed by atoms with Crippen LogP contribution in [0.3, 0.4) is 0 Å². The Morgan fingerprint density at radius 1 is 1.53 bits per heavy atom. The Balaban J connectivity index is 2.55. The third-order valence-corrected chi connectivity index (χ3v) is 3.31. The molecule has 5 heteroatoms. The molecule has 1 aromatic carbocycles. The maximum absolute atomic E-state index is 11.9. The van der Waals surface area contributed by atoms with Crippen molar-refractivity contribution in [2.45, 2.75) is 6.92 Å². The number of hydrogen-bond acceptors (Lipinski definition) is 2. The number of carbonyl (C=O) groups is 1. The topological polar surface area (TPSA) is 32.3 Å². The van der Waals surface area contributed by atoms with Gasteiger partial charge in [-0.15, -0.1) is 0 Å². The first-order valence-electron chi connectivity index (χ1n) is 5.46. The second-order valence-electron chi connectivity index (χ2n) is 3.78. The Labute approximate surface area is 115 Å². The van der Waals surface area contributed by atoms with Crippen LogP contribution in [0.15, 0.2) is 22.7 Å². The minimum atomic E-state index is -0.138. The molecule has 0 fully saturated rings. The number of nitrogens with one attached hydrogen (secondary N) is 1. The van der Waals surface area contributed by atoms with Crippen molar-refractivity contribution in [2.75, 3.05) is 26.7 Å². The fraction of sp³-hybridized carbons (Fsp3) is 0.417. The second kappa shape index (κ2) is 6.99. The molecular formula is C12H16BrClN2O. The van der Waals surface area contributed by atoms with Crippen molar-refractivity contribution in [2.24, 2.45) is 0 Å². The van der Waals surface area contributed by atoms with E-state index in [1.807, 2.05) is 13.1 Å². The maximum atomic E-state index is 11.9. The van der Waals surface area contributed by atoms with Gasteiger partial charge >= 0.3 is 0 Å². The van der Waals surface area contributed by atoms with E-state index in [1.165, 1.54) is 0 Å². The lowest BCUT2D eigenvalue weighted by Crippen LogP contribution is -2.33. The Kier molecular flexibility index (Phi) is 5.95. The summed E-state index contributed by atoms with van der Waals surface area (Å²) in [5, 5.41) is 3.31. The molecule has 0 atom stereocenters. The lowest BCUT2D eigenvalue weighted by Gasteiger charge is -2.14. The van der Waals surface area contributed by atoms with E-state index in [0.29, 0.717) is 17.1 Å². The van der Waals surface area contributed by atoms with Gasteiger partial charge in [0.15, 0.2) is 0 Å². The molecule has 0 saturated heterocycles. The zero-order chi connectivity index (χ0) is 12.8. The van der Waals surface area contributed by atoms with Crippen LogP contribution in [0.2, 0.25) is 5.02 Å². The fourth-order valence-electron chi connectivity index (χ4n) is 1.29. The number of carbonyl (C=O) groups excluding carboxylic acids is 1. The summed E-state index contributed by atoms with van der Waals surface area (Å²) in [4.78, 5) is 14.0. The lowest BCUT2D eigenvalue weighted by molar-refractivity contribution is 0.0950. The molecular weight excluding hydrogens is 304 g/mol. The van der Waals surface area contributed by atoms with Gasteiger partial charge in [-0.1, -0.05) is 34.5 Å². The molecule has 0 aliphatic carbocycles. The zero-order valence-corrected chi connectivity index (χ0v) is 12.3. The van der Waals surface area contributed by atoms with Crippen molar-refractivity contribution in [3.63, 3.8) is 0 Å². The first-order chi connectivity index (χ1) is 8.04. The van der Waals surface area contributed by atoms with Crippen molar-refractivity contribution < 1.29 is 4.79 Å². The van der Waals surface area contributed by atoms with Crippen LogP contribution >= 0.6 is 27.5 Å². The highest BCUT2D eigenvalue weighted by atomic mass is 79.9. The van der Waals surface area contributed by atoms with E-state index in [-0.39, 0.29) is 5.91 Å². The number of hydrogen-bond donors (Lipinski definition) is 1. The maximum Gasteiger partial charge on any atom is 0.252 e. The van der Waals surface area contributed by atoms with Crippen LogP contribution in [0, 0.1) is 0 Å². The molecule has 0 bridgehead atoms. The van der Waals surface area contributed by atoms with E-state index in [4.69, 9.17) is 11.6 Å². The molecule has 1 amide bonds. The highest BCUT2D eigenvalue weighted by molar-refractivity contribution is 9.10. The van der Waals surface area contributed by atoms with Crippen LogP contribution in [-0.2, 0) is 0 Å². The summed E-state index contributed by atoms with van der Waals surface area (Å²) in [6.07, 6.45) is 0. The average Bonchev–Trinajstić information content (AvgIpc) is 2.31. The molecule has 0 aliphatic rings. The molecule has 1 N–H and O–H groups in total. The van der Waals surface area contributed by atoms with Gasteiger partial charge in [-0.05, 0) is 31.8 Å². The molecule has 0 radical (unpaired) electrons. The van der Waals surface area contributed by atoms with E-state index >= 15 is 0 Å². The van der Waals surface area contributed by atoms with Crippen molar-refractivity contribution in [3.8, 4) is 0 Å². The van der Waals surface area contributed by atoms with Gasteiger partial charge in [0.25, 0.3) is 5.91 Å². The van der Waals surface area contributed by atoms with E-state index in [0.717, 1.165) is 17.6 Å². The summed E-state index contributed by atoms with van der Waals surface area (Å²) in [5.41, 5.74) is 0.500. The smallest absolute Gasteiger partial charge is 0.252 e. The normalized spacial score (nSPS) is 10.6. The van der Waals surface area contributed by atoms with Crippen molar-refractivity contribution in [3.05, 3.63) is 33.3 Å². The largest absolute Gasteiger partial charge is 0.351 e.